The molecule has 2 aromatic heterocycles. The molecule has 5 heteroatoms. The SMILES string of the molecule is CN1C[C@@H]2[C@@H](C1)n1cccc1C(=O)N2Cc1ccccn1. The van der Waals surface area contributed by atoms with Gasteiger partial charge in [-0.15, -0.1) is 0 Å². The first-order valence-electron chi connectivity index (χ1n) is 7.30. The molecular weight excluding hydrogens is 264 g/mol. The minimum Gasteiger partial charge on any atom is -0.337 e. The van der Waals surface area contributed by atoms with Crippen molar-refractivity contribution in [2.75, 3.05) is 20.1 Å². The van der Waals surface area contributed by atoms with Gasteiger partial charge in [0.05, 0.1) is 24.3 Å². The van der Waals surface area contributed by atoms with Gasteiger partial charge in [-0.2, -0.15) is 0 Å². The first kappa shape index (κ1) is 12.6. The molecule has 1 amide bonds. The minimum atomic E-state index is 0.113. The van der Waals surface area contributed by atoms with Crippen LogP contribution in [-0.2, 0) is 6.54 Å². The molecule has 2 atom stereocenters. The zero-order valence-electron chi connectivity index (χ0n) is 12.0. The average molecular weight is 282 g/mol. The van der Waals surface area contributed by atoms with Crippen LogP contribution < -0.4 is 0 Å². The number of rotatable bonds is 2. The Morgan fingerprint density at radius 3 is 2.86 bits per heavy atom. The van der Waals surface area contributed by atoms with E-state index < -0.39 is 0 Å². The Bertz CT molecular complexity index is 666. The Balaban J connectivity index is 1.72. The van der Waals surface area contributed by atoms with Gasteiger partial charge in [0.25, 0.3) is 5.91 Å². The lowest BCUT2D eigenvalue weighted by Crippen LogP contribution is -2.49. The lowest BCUT2D eigenvalue weighted by atomic mass is 10.1. The number of carbonyl (C=O) groups excluding carboxylic acids is 1. The Morgan fingerprint density at radius 1 is 1.19 bits per heavy atom. The summed E-state index contributed by atoms with van der Waals surface area (Å²) in [6.45, 7) is 2.49. The molecule has 0 unspecified atom stereocenters. The number of aromatic nitrogens is 2. The molecule has 2 aliphatic rings. The van der Waals surface area contributed by atoms with Gasteiger partial charge >= 0.3 is 0 Å². The van der Waals surface area contributed by atoms with Crippen molar-refractivity contribution in [1.29, 1.82) is 0 Å². The molecule has 1 saturated heterocycles. The third-order valence-electron chi connectivity index (χ3n) is 4.52. The van der Waals surface area contributed by atoms with Gasteiger partial charge in [0, 0.05) is 25.5 Å². The highest BCUT2D eigenvalue weighted by Crippen LogP contribution is 2.33. The number of amides is 1. The van der Waals surface area contributed by atoms with E-state index in [1.807, 2.05) is 41.4 Å². The summed E-state index contributed by atoms with van der Waals surface area (Å²) < 4.78 is 2.14. The van der Waals surface area contributed by atoms with Crippen molar-refractivity contribution in [3.63, 3.8) is 0 Å². The summed E-state index contributed by atoms with van der Waals surface area (Å²) in [5, 5.41) is 0. The van der Waals surface area contributed by atoms with Crippen LogP contribution in [0.3, 0.4) is 0 Å². The summed E-state index contributed by atoms with van der Waals surface area (Å²) >= 11 is 0. The molecule has 4 rings (SSSR count). The summed E-state index contributed by atoms with van der Waals surface area (Å²) in [5.41, 5.74) is 1.74. The van der Waals surface area contributed by atoms with Crippen LogP contribution in [0.1, 0.15) is 22.2 Å². The van der Waals surface area contributed by atoms with E-state index in [0.29, 0.717) is 12.6 Å². The summed E-state index contributed by atoms with van der Waals surface area (Å²) in [5.74, 6) is 0.113. The monoisotopic (exact) mass is 282 g/mol. The number of likely N-dealkylation sites (tertiary alicyclic amines) is 1. The summed E-state index contributed by atoms with van der Waals surface area (Å²) in [6, 6.07) is 10.3. The van der Waals surface area contributed by atoms with Crippen LogP contribution in [-0.4, -0.2) is 51.4 Å². The van der Waals surface area contributed by atoms with E-state index in [-0.39, 0.29) is 11.9 Å². The van der Waals surface area contributed by atoms with Crippen molar-refractivity contribution in [3.8, 4) is 0 Å². The normalized spacial score (nSPS) is 25.0. The van der Waals surface area contributed by atoms with Crippen LogP contribution in [0.2, 0.25) is 0 Å². The van der Waals surface area contributed by atoms with Crippen LogP contribution in [0.5, 0.6) is 0 Å². The quantitative estimate of drug-likeness (QED) is 0.836. The van der Waals surface area contributed by atoms with Crippen molar-refractivity contribution in [2.24, 2.45) is 0 Å². The number of carbonyl (C=O) groups is 1. The number of hydrogen-bond donors (Lipinski definition) is 0. The van der Waals surface area contributed by atoms with E-state index in [0.717, 1.165) is 24.5 Å². The Kier molecular flexibility index (Phi) is 2.82. The number of likely N-dealkylation sites (N-methyl/N-ethyl adjacent to an activating group) is 1. The fraction of sp³-hybridized carbons (Fsp3) is 0.375. The maximum atomic E-state index is 12.8. The predicted octanol–water partition coefficient (Wildman–Crippen LogP) is 1.39. The number of hydrogen-bond acceptors (Lipinski definition) is 3. The predicted molar refractivity (Wildman–Crippen MR) is 78.9 cm³/mol. The molecule has 2 aliphatic heterocycles. The van der Waals surface area contributed by atoms with Gasteiger partial charge in [-0.05, 0) is 31.3 Å². The molecule has 108 valence electrons. The number of pyridine rings is 1. The number of fused-ring (bicyclic) bond motifs is 3. The molecule has 1 fully saturated rings. The van der Waals surface area contributed by atoms with Gasteiger partial charge in [0.2, 0.25) is 0 Å². The fourth-order valence-electron chi connectivity index (χ4n) is 3.55. The molecule has 0 aliphatic carbocycles. The topological polar surface area (TPSA) is 41.4 Å². The third kappa shape index (κ3) is 1.96. The van der Waals surface area contributed by atoms with Crippen molar-refractivity contribution < 1.29 is 4.79 Å². The number of nitrogens with zero attached hydrogens (tertiary/aromatic N) is 4. The van der Waals surface area contributed by atoms with Crippen molar-refractivity contribution in [3.05, 3.63) is 54.1 Å². The third-order valence-corrected chi connectivity index (χ3v) is 4.52. The molecule has 21 heavy (non-hydrogen) atoms. The zero-order chi connectivity index (χ0) is 14.4. The van der Waals surface area contributed by atoms with E-state index in [9.17, 15) is 4.79 Å². The average Bonchev–Trinajstić information content (AvgIpc) is 3.10. The molecule has 0 saturated carbocycles. The van der Waals surface area contributed by atoms with Crippen LogP contribution in [0.4, 0.5) is 0 Å². The lowest BCUT2D eigenvalue weighted by molar-refractivity contribution is 0.0555. The highest BCUT2D eigenvalue weighted by Gasteiger charge is 2.43. The highest BCUT2D eigenvalue weighted by atomic mass is 16.2. The summed E-state index contributed by atoms with van der Waals surface area (Å²) in [7, 11) is 2.12. The second-order valence-corrected chi connectivity index (χ2v) is 5.91. The summed E-state index contributed by atoms with van der Waals surface area (Å²) in [4.78, 5) is 21.4. The van der Waals surface area contributed by atoms with Gasteiger partial charge in [-0.3, -0.25) is 9.78 Å². The second-order valence-electron chi connectivity index (χ2n) is 5.91. The first-order chi connectivity index (χ1) is 10.2. The van der Waals surface area contributed by atoms with Gasteiger partial charge in [0.15, 0.2) is 0 Å². The second kappa shape index (κ2) is 4.70. The standard InChI is InChI=1S/C16H18N4O/c1-18-10-14-15(11-18)20(9-12-5-2-3-7-17-12)16(21)13-6-4-8-19(13)14/h2-8,14-15H,9-11H2,1H3/t14-,15-/m1/s1. The smallest absolute Gasteiger partial charge is 0.271 e. The molecule has 0 spiro atoms. The zero-order valence-corrected chi connectivity index (χ0v) is 12.0. The molecule has 0 bridgehead atoms. The van der Waals surface area contributed by atoms with E-state index in [1.54, 1.807) is 6.20 Å². The van der Waals surface area contributed by atoms with E-state index in [2.05, 4.69) is 21.5 Å². The van der Waals surface area contributed by atoms with E-state index in [4.69, 9.17) is 0 Å². The van der Waals surface area contributed by atoms with Crippen LogP contribution in [0.25, 0.3) is 0 Å². The maximum absolute atomic E-state index is 12.8. The molecule has 0 N–H and O–H groups in total. The van der Waals surface area contributed by atoms with E-state index in [1.165, 1.54) is 0 Å². The molecule has 4 heterocycles. The lowest BCUT2D eigenvalue weighted by Gasteiger charge is -2.38. The van der Waals surface area contributed by atoms with Crippen LogP contribution in [0.15, 0.2) is 42.7 Å². The molecular formula is C16H18N4O. The molecule has 0 aromatic carbocycles. The highest BCUT2D eigenvalue weighted by molar-refractivity contribution is 5.94. The van der Waals surface area contributed by atoms with Crippen molar-refractivity contribution >= 4 is 5.91 Å². The Morgan fingerprint density at radius 2 is 2.05 bits per heavy atom. The minimum absolute atomic E-state index is 0.113. The Hall–Kier alpha value is -2.14. The van der Waals surface area contributed by atoms with Crippen LogP contribution >= 0.6 is 0 Å². The van der Waals surface area contributed by atoms with Gasteiger partial charge in [-0.25, -0.2) is 0 Å². The van der Waals surface area contributed by atoms with Gasteiger partial charge < -0.3 is 14.4 Å². The molecule has 2 aromatic rings. The van der Waals surface area contributed by atoms with Crippen LogP contribution in [0, 0.1) is 0 Å². The van der Waals surface area contributed by atoms with Crippen molar-refractivity contribution in [1.82, 2.24) is 19.4 Å². The van der Waals surface area contributed by atoms with Crippen molar-refractivity contribution in [2.45, 2.75) is 18.6 Å². The molecule has 5 nitrogen and oxygen atoms in total. The largest absolute Gasteiger partial charge is 0.337 e. The Labute approximate surface area is 123 Å². The van der Waals surface area contributed by atoms with Gasteiger partial charge in [0.1, 0.15) is 5.69 Å². The summed E-state index contributed by atoms with van der Waals surface area (Å²) in [6.07, 6.45) is 3.81. The van der Waals surface area contributed by atoms with Gasteiger partial charge in [-0.1, -0.05) is 6.07 Å². The molecule has 0 radical (unpaired) electrons. The van der Waals surface area contributed by atoms with E-state index >= 15 is 0 Å². The first-order valence-corrected chi connectivity index (χ1v) is 7.30. The maximum Gasteiger partial charge on any atom is 0.271 e. The fourth-order valence-corrected chi connectivity index (χ4v) is 3.55.